The molecular formula is C26H24N4O2S. The Morgan fingerprint density at radius 1 is 1.06 bits per heavy atom. The van der Waals surface area contributed by atoms with Crippen LogP contribution in [0.15, 0.2) is 79.3 Å². The highest BCUT2D eigenvalue weighted by Gasteiger charge is 2.33. The van der Waals surface area contributed by atoms with Gasteiger partial charge >= 0.3 is 6.03 Å². The Morgan fingerprint density at radius 2 is 1.88 bits per heavy atom. The largest absolute Gasteiger partial charge is 0.330 e. The average Bonchev–Trinajstić information content (AvgIpc) is 3.49. The van der Waals surface area contributed by atoms with Crippen LogP contribution in [0.4, 0.5) is 4.79 Å². The van der Waals surface area contributed by atoms with Gasteiger partial charge in [0, 0.05) is 49.4 Å². The van der Waals surface area contributed by atoms with E-state index in [1.807, 2.05) is 66.9 Å². The van der Waals surface area contributed by atoms with Crippen LogP contribution in [0.2, 0.25) is 0 Å². The normalized spacial score (nSPS) is 17.9. The Bertz CT molecular complexity index is 1320. The Kier molecular flexibility index (Phi) is 5.74. The molecule has 1 aliphatic heterocycles. The first kappa shape index (κ1) is 21.4. The van der Waals surface area contributed by atoms with Crippen molar-refractivity contribution >= 4 is 34.5 Å². The summed E-state index contributed by atoms with van der Waals surface area (Å²) in [5.41, 5.74) is 4.40. The van der Waals surface area contributed by atoms with Crippen molar-refractivity contribution in [1.82, 2.24) is 19.8 Å². The number of nitrogens with zero attached hydrogens (tertiary/aromatic N) is 3. The predicted octanol–water partition coefficient (Wildman–Crippen LogP) is 4.82. The molecule has 0 spiro atoms. The number of benzene rings is 2. The number of rotatable bonds is 4. The first-order valence-electron chi connectivity index (χ1n) is 10.8. The highest BCUT2D eigenvalue weighted by molar-refractivity contribution is 7.99. The molecule has 0 unspecified atom stereocenters. The van der Waals surface area contributed by atoms with Crippen molar-refractivity contribution in [2.75, 3.05) is 19.8 Å². The van der Waals surface area contributed by atoms with E-state index in [4.69, 9.17) is 0 Å². The first-order valence-corrected chi connectivity index (χ1v) is 11.8. The molecule has 1 fully saturated rings. The van der Waals surface area contributed by atoms with Crippen molar-refractivity contribution in [3.8, 4) is 11.1 Å². The minimum absolute atomic E-state index is 0.00309. The monoisotopic (exact) mass is 456 g/mol. The molecule has 4 aromatic rings. The summed E-state index contributed by atoms with van der Waals surface area (Å²) < 4.78 is 1.58. The van der Waals surface area contributed by atoms with Gasteiger partial charge in [-0.1, -0.05) is 48.5 Å². The van der Waals surface area contributed by atoms with Gasteiger partial charge in [0.25, 0.3) is 0 Å². The molecule has 0 saturated carbocycles. The van der Waals surface area contributed by atoms with Gasteiger partial charge in [-0.15, -0.1) is 11.8 Å². The summed E-state index contributed by atoms with van der Waals surface area (Å²) in [6, 6.07) is 19.4. The SMILES string of the molecule is CN(C)C(=O)n1cc(C(=O)[C@@H]2CS[C@@H](c3cccnc3)N2)c2ccc(-c3ccccc3)cc21. The molecule has 7 heteroatoms. The van der Waals surface area contributed by atoms with Crippen LogP contribution < -0.4 is 5.32 Å². The van der Waals surface area contributed by atoms with Crippen molar-refractivity contribution < 1.29 is 9.59 Å². The third-order valence-electron chi connectivity index (χ3n) is 5.85. The zero-order valence-corrected chi connectivity index (χ0v) is 19.3. The lowest BCUT2D eigenvalue weighted by Crippen LogP contribution is -2.34. The first-order chi connectivity index (χ1) is 16.0. The molecule has 33 heavy (non-hydrogen) atoms. The van der Waals surface area contributed by atoms with E-state index in [9.17, 15) is 9.59 Å². The fourth-order valence-electron chi connectivity index (χ4n) is 4.14. The van der Waals surface area contributed by atoms with Crippen molar-refractivity contribution in [3.05, 3.63) is 90.4 Å². The molecule has 3 heterocycles. The second kappa shape index (κ2) is 8.84. The third kappa shape index (κ3) is 4.05. The highest BCUT2D eigenvalue weighted by Crippen LogP contribution is 2.35. The number of pyridine rings is 1. The number of hydrogen-bond donors (Lipinski definition) is 1. The van der Waals surface area contributed by atoms with E-state index >= 15 is 0 Å². The van der Waals surface area contributed by atoms with E-state index in [0.29, 0.717) is 11.3 Å². The number of ketones is 1. The second-order valence-corrected chi connectivity index (χ2v) is 9.41. The van der Waals surface area contributed by atoms with Gasteiger partial charge in [0.05, 0.1) is 16.9 Å². The van der Waals surface area contributed by atoms with Crippen LogP contribution in [0.1, 0.15) is 21.3 Å². The molecule has 1 aliphatic rings. The molecule has 5 rings (SSSR count). The number of hydrogen-bond acceptors (Lipinski definition) is 5. The van der Waals surface area contributed by atoms with Crippen LogP contribution in [0.25, 0.3) is 22.0 Å². The molecule has 1 saturated heterocycles. The highest BCUT2D eigenvalue weighted by atomic mass is 32.2. The number of carbonyl (C=O) groups is 2. The Balaban J connectivity index is 1.53. The van der Waals surface area contributed by atoms with Crippen LogP contribution in [0.3, 0.4) is 0 Å². The smallest absolute Gasteiger partial charge is 0.328 e. The van der Waals surface area contributed by atoms with E-state index in [1.54, 1.807) is 42.8 Å². The van der Waals surface area contributed by atoms with Gasteiger partial charge in [0.2, 0.25) is 0 Å². The quantitative estimate of drug-likeness (QED) is 0.446. The standard InChI is InChI=1S/C26H24N4O2S/c1-29(2)26(32)30-15-21(20-11-10-18(13-23(20)30)17-7-4-3-5-8-17)24(31)22-16-33-25(28-22)19-9-6-12-27-14-19/h3-15,22,25,28H,16H2,1-2H3/t22-,25-/m0/s1. The minimum Gasteiger partial charge on any atom is -0.330 e. The van der Waals surface area contributed by atoms with Gasteiger partial charge < -0.3 is 4.90 Å². The fraction of sp³-hybridized carbons (Fsp3) is 0.192. The van der Waals surface area contributed by atoms with E-state index in [0.717, 1.165) is 27.6 Å². The predicted molar refractivity (Wildman–Crippen MR) is 133 cm³/mol. The van der Waals surface area contributed by atoms with Gasteiger partial charge in [-0.05, 0) is 28.8 Å². The Hall–Kier alpha value is -3.42. The van der Waals surface area contributed by atoms with Crippen molar-refractivity contribution in [2.24, 2.45) is 0 Å². The molecule has 1 N–H and O–H groups in total. The molecule has 0 aliphatic carbocycles. The summed E-state index contributed by atoms with van der Waals surface area (Å²) in [6.07, 6.45) is 5.25. The van der Waals surface area contributed by atoms with Gasteiger partial charge in [-0.25, -0.2) is 4.79 Å². The molecule has 1 amide bonds. The van der Waals surface area contributed by atoms with E-state index < -0.39 is 0 Å². The lowest BCUT2D eigenvalue weighted by Gasteiger charge is -2.12. The zero-order valence-electron chi connectivity index (χ0n) is 18.4. The Labute approximate surface area is 196 Å². The summed E-state index contributed by atoms with van der Waals surface area (Å²) >= 11 is 1.70. The van der Waals surface area contributed by atoms with Crippen LogP contribution in [-0.4, -0.2) is 52.2 Å². The maximum Gasteiger partial charge on any atom is 0.328 e. The van der Waals surface area contributed by atoms with Gasteiger partial charge in [-0.2, -0.15) is 0 Å². The molecular weight excluding hydrogens is 432 g/mol. The van der Waals surface area contributed by atoms with Crippen molar-refractivity contribution in [1.29, 1.82) is 0 Å². The summed E-state index contributed by atoms with van der Waals surface area (Å²) in [5.74, 6) is 0.658. The van der Waals surface area contributed by atoms with E-state index in [2.05, 4.69) is 10.3 Å². The molecule has 0 bridgehead atoms. The summed E-state index contributed by atoms with van der Waals surface area (Å²) in [6.45, 7) is 0. The van der Waals surface area contributed by atoms with E-state index in [1.165, 1.54) is 4.90 Å². The Morgan fingerprint density at radius 3 is 2.61 bits per heavy atom. The molecule has 2 aromatic heterocycles. The number of Topliss-reactive ketones (excluding diaryl/α,β-unsaturated/α-hetero) is 1. The molecule has 2 atom stereocenters. The lowest BCUT2D eigenvalue weighted by atomic mass is 10.0. The van der Waals surface area contributed by atoms with Crippen LogP contribution in [-0.2, 0) is 0 Å². The summed E-state index contributed by atoms with van der Waals surface area (Å²) in [7, 11) is 3.43. The van der Waals surface area contributed by atoms with Crippen LogP contribution in [0.5, 0.6) is 0 Å². The third-order valence-corrected chi connectivity index (χ3v) is 7.12. The van der Waals surface area contributed by atoms with Crippen molar-refractivity contribution in [2.45, 2.75) is 11.4 Å². The molecule has 6 nitrogen and oxygen atoms in total. The lowest BCUT2D eigenvalue weighted by molar-refractivity contribution is 0.0957. The molecule has 166 valence electrons. The summed E-state index contributed by atoms with van der Waals surface area (Å²) in [4.78, 5) is 32.2. The number of thioether (sulfide) groups is 1. The minimum atomic E-state index is -0.331. The average molecular weight is 457 g/mol. The zero-order chi connectivity index (χ0) is 22.9. The summed E-state index contributed by atoms with van der Waals surface area (Å²) in [5, 5.41) is 4.24. The maximum atomic E-state index is 13.6. The topological polar surface area (TPSA) is 67.2 Å². The van der Waals surface area contributed by atoms with Gasteiger partial charge in [-0.3, -0.25) is 19.7 Å². The number of aromatic nitrogens is 2. The van der Waals surface area contributed by atoms with Crippen LogP contribution in [0, 0.1) is 0 Å². The molecule has 2 aromatic carbocycles. The maximum absolute atomic E-state index is 13.6. The second-order valence-electron chi connectivity index (χ2n) is 8.27. The number of carbonyl (C=O) groups excluding carboxylic acids is 2. The van der Waals surface area contributed by atoms with Gasteiger partial charge in [0.15, 0.2) is 5.78 Å². The number of amides is 1. The van der Waals surface area contributed by atoms with Gasteiger partial charge in [0.1, 0.15) is 0 Å². The van der Waals surface area contributed by atoms with E-state index in [-0.39, 0.29) is 23.2 Å². The molecule has 0 radical (unpaired) electrons. The number of fused-ring (bicyclic) bond motifs is 1. The van der Waals surface area contributed by atoms with Crippen LogP contribution >= 0.6 is 11.8 Å². The number of nitrogens with one attached hydrogen (secondary N) is 1. The van der Waals surface area contributed by atoms with Crippen molar-refractivity contribution in [3.63, 3.8) is 0 Å². The fourth-order valence-corrected chi connectivity index (χ4v) is 5.37.